The first-order valence-electron chi connectivity index (χ1n) is 11.0. The quantitative estimate of drug-likeness (QED) is 0.571. The molecule has 0 spiro atoms. The molecule has 0 unspecified atom stereocenters. The largest absolute Gasteiger partial charge is 0.324 e. The Morgan fingerprint density at radius 2 is 1.91 bits per heavy atom. The molecule has 1 aromatic carbocycles. The van der Waals surface area contributed by atoms with Gasteiger partial charge in [0.25, 0.3) is 5.56 Å². The molecule has 1 saturated heterocycles. The summed E-state index contributed by atoms with van der Waals surface area (Å²) in [6.07, 6.45) is 2.18. The van der Waals surface area contributed by atoms with Crippen molar-refractivity contribution in [1.29, 1.82) is 0 Å². The van der Waals surface area contributed by atoms with Crippen LogP contribution in [0.3, 0.4) is 0 Å². The molecule has 1 amide bonds. The smallest absolute Gasteiger partial charge is 0.263 e. The van der Waals surface area contributed by atoms with Crippen LogP contribution in [-0.2, 0) is 21.4 Å². The summed E-state index contributed by atoms with van der Waals surface area (Å²) < 4.78 is 43.5. The second-order valence-corrected chi connectivity index (χ2v) is 12.2. The predicted octanol–water partition coefficient (Wildman–Crippen LogP) is 3.52. The number of sulfonamides is 1. The molecule has 1 aliphatic heterocycles. The van der Waals surface area contributed by atoms with Crippen LogP contribution in [-0.4, -0.2) is 41.3 Å². The number of hydrogen-bond acceptors (Lipinski definition) is 6. The molecule has 4 rings (SSSR count). The number of nitrogens with one attached hydrogen (secondary N) is 1. The zero-order valence-corrected chi connectivity index (χ0v) is 21.1. The highest BCUT2D eigenvalue weighted by atomic mass is 32.2. The van der Waals surface area contributed by atoms with E-state index >= 15 is 0 Å². The van der Waals surface area contributed by atoms with Gasteiger partial charge < -0.3 is 5.32 Å². The van der Waals surface area contributed by atoms with E-state index in [1.165, 1.54) is 22.8 Å². The number of hydrogen-bond donors (Lipinski definition) is 1. The van der Waals surface area contributed by atoms with Crippen LogP contribution < -0.4 is 10.9 Å². The summed E-state index contributed by atoms with van der Waals surface area (Å²) in [5.41, 5.74) is 0.109. The van der Waals surface area contributed by atoms with Gasteiger partial charge in [-0.15, -0.1) is 11.3 Å². The number of benzene rings is 1. The number of amides is 1. The minimum atomic E-state index is -3.92. The summed E-state index contributed by atoms with van der Waals surface area (Å²) in [5, 5.41) is 2.56. The van der Waals surface area contributed by atoms with Crippen LogP contribution >= 0.6 is 11.3 Å². The normalized spacial score (nSPS) is 19.4. The molecule has 3 heterocycles. The second kappa shape index (κ2) is 9.20. The summed E-state index contributed by atoms with van der Waals surface area (Å²) in [6, 6.07) is 4.30. The zero-order valence-electron chi connectivity index (χ0n) is 19.5. The van der Waals surface area contributed by atoms with Crippen molar-refractivity contribution < 1.29 is 17.6 Å². The number of piperidine rings is 1. The number of fused-ring (bicyclic) bond motifs is 1. The zero-order chi connectivity index (χ0) is 24.8. The van der Waals surface area contributed by atoms with Crippen LogP contribution in [0.25, 0.3) is 10.2 Å². The highest BCUT2D eigenvalue weighted by Gasteiger charge is 2.35. The number of aryl methyl sites for hydroxylation is 2. The predicted molar refractivity (Wildman–Crippen MR) is 130 cm³/mol. The third-order valence-electron chi connectivity index (χ3n) is 6.00. The van der Waals surface area contributed by atoms with Crippen LogP contribution in [0, 0.1) is 31.5 Å². The number of halogens is 1. The van der Waals surface area contributed by atoms with Gasteiger partial charge in [0.05, 0.1) is 11.7 Å². The van der Waals surface area contributed by atoms with Crippen molar-refractivity contribution in [2.24, 2.45) is 11.8 Å². The lowest BCUT2D eigenvalue weighted by Crippen LogP contribution is -2.42. The summed E-state index contributed by atoms with van der Waals surface area (Å²) in [5.74, 6) is -0.577. The van der Waals surface area contributed by atoms with Gasteiger partial charge >= 0.3 is 0 Å². The first-order chi connectivity index (χ1) is 16.0. The van der Waals surface area contributed by atoms with Crippen molar-refractivity contribution in [2.75, 3.05) is 18.4 Å². The maximum atomic E-state index is 13.8. The number of thiophene rings is 1. The highest BCUT2D eigenvalue weighted by Crippen LogP contribution is 2.35. The maximum Gasteiger partial charge on any atom is 0.263 e. The van der Waals surface area contributed by atoms with E-state index in [0.29, 0.717) is 28.4 Å². The molecule has 1 fully saturated rings. The van der Waals surface area contributed by atoms with E-state index in [0.717, 1.165) is 22.3 Å². The van der Waals surface area contributed by atoms with Gasteiger partial charge in [-0.1, -0.05) is 19.9 Å². The summed E-state index contributed by atoms with van der Waals surface area (Å²) in [6.45, 7) is 7.72. The lowest BCUT2D eigenvalue weighted by atomic mass is 9.94. The van der Waals surface area contributed by atoms with Gasteiger partial charge in [-0.25, -0.2) is 17.8 Å². The number of nitrogens with zero attached hydrogens (tertiary/aromatic N) is 3. The van der Waals surface area contributed by atoms with Gasteiger partial charge in [0.15, 0.2) is 0 Å². The van der Waals surface area contributed by atoms with Crippen molar-refractivity contribution in [1.82, 2.24) is 13.9 Å². The maximum absolute atomic E-state index is 13.8. The Kier molecular flexibility index (Phi) is 6.63. The number of anilines is 1. The molecule has 1 N–H and O–H groups in total. The van der Waals surface area contributed by atoms with E-state index < -0.39 is 27.3 Å². The standard InChI is InChI=1S/C23H27FN4O4S2/c1-13-7-14(2)10-28(9-13)34(31,32)21-16(4)33-22-20(21)23(30)27(12-25-22)11-19(29)26-17-6-5-15(3)18(24)8-17/h5-6,8,12-14H,7,9-11H2,1-4H3,(H,26,29)/t13-,14+. The Balaban J connectivity index is 1.68. The third kappa shape index (κ3) is 4.64. The molecule has 8 nitrogen and oxygen atoms in total. The minimum absolute atomic E-state index is 0.00469. The van der Waals surface area contributed by atoms with E-state index in [-0.39, 0.29) is 34.3 Å². The highest BCUT2D eigenvalue weighted by molar-refractivity contribution is 7.89. The Morgan fingerprint density at radius 1 is 1.24 bits per heavy atom. The van der Waals surface area contributed by atoms with Crippen molar-refractivity contribution in [3.8, 4) is 0 Å². The van der Waals surface area contributed by atoms with Crippen LogP contribution in [0.2, 0.25) is 0 Å². The van der Waals surface area contributed by atoms with Gasteiger partial charge in [-0.2, -0.15) is 4.31 Å². The fourth-order valence-corrected chi connectivity index (χ4v) is 7.84. The number of carbonyl (C=O) groups excluding carboxylic acids is 1. The van der Waals surface area contributed by atoms with Crippen LogP contribution in [0.4, 0.5) is 10.1 Å². The molecular formula is C23H27FN4O4S2. The fraction of sp³-hybridized carbons (Fsp3) is 0.435. The molecule has 0 aliphatic carbocycles. The monoisotopic (exact) mass is 506 g/mol. The van der Waals surface area contributed by atoms with E-state index in [4.69, 9.17) is 0 Å². The molecule has 34 heavy (non-hydrogen) atoms. The molecule has 0 saturated carbocycles. The molecule has 0 bridgehead atoms. The Bertz CT molecular complexity index is 1420. The molecule has 11 heteroatoms. The Labute approximate surface area is 201 Å². The minimum Gasteiger partial charge on any atom is -0.324 e. The van der Waals surface area contributed by atoms with E-state index in [1.54, 1.807) is 19.9 Å². The van der Waals surface area contributed by atoms with Gasteiger partial charge in [0, 0.05) is 23.7 Å². The first kappa shape index (κ1) is 24.5. The van der Waals surface area contributed by atoms with Crippen LogP contribution in [0.5, 0.6) is 0 Å². The average molecular weight is 507 g/mol. The lowest BCUT2D eigenvalue weighted by Gasteiger charge is -2.34. The van der Waals surface area contributed by atoms with Gasteiger partial charge in [0.2, 0.25) is 15.9 Å². The van der Waals surface area contributed by atoms with E-state index in [1.807, 2.05) is 13.8 Å². The molecule has 0 radical (unpaired) electrons. The molecule has 1 aliphatic rings. The van der Waals surface area contributed by atoms with Gasteiger partial charge in [-0.3, -0.25) is 14.2 Å². The number of aromatic nitrogens is 2. The number of rotatable bonds is 5. The summed E-state index contributed by atoms with van der Waals surface area (Å²) >= 11 is 1.15. The third-order valence-corrected chi connectivity index (χ3v) is 9.15. The molecule has 182 valence electrons. The molecule has 3 aromatic rings. The number of carbonyl (C=O) groups is 1. The van der Waals surface area contributed by atoms with Crippen molar-refractivity contribution in [3.63, 3.8) is 0 Å². The summed E-state index contributed by atoms with van der Waals surface area (Å²) in [4.78, 5) is 30.9. The van der Waals surface area contributed by atoms with Crippen LogP contribution in [0.1, 0.15) is 30.7 Å². The second-order valence-electron chi connectivity index (χ2n) is 9.13. The Hall–Kier alpha value is -2.63. The topological polar surface area (TPSA) is 101 Å². The lowest BCUT2D eigenvalue weighted by molar-refractivity contribution is -0.116. The molecule has 2 atom stereocenters. The van der Waals surface area contributed by atoms with Crippen LogP contribution in [0.15, 0.2) is 34.2 Å². The average Bonchev–Trinajstić information content (AvgIpc) is 3.09. The van der Waals surface area contributed by atoms with Gasteiger partial charge in [0.1, 0.15) is 22.1 Å². The van der Waals surface area contributed by atoms with Gasteiger partial charge in [-0.05, 0) is 49.8 Å². The van der Waals surface area contributed by atoms with E-state index in [9.17, 15) is 22.4 Å². The molecular weight excluding hydrogens is 479 g/mol. The first-order valence-corrected chi connectivity index (χ1v) is 13.3. The Morgan fingerprint density at radius 3 is 2.56 bits per heavy atom. The molecule has 2 aromatic heterocycles. The summed E-state index contributed by atoms with van der Waals surface area (Å²) in [7, 11) is -3.92. The van der Waals surface area contributed by atoms with Crippen molar-refractivity contribution >= 4 is 43.2 Å². The SMILES string of the molecule is Cc1ccc(NC(=O)Cn2cnc3sc(C)c(S(=O)(=O)N4C[C@H](C)C[C@H](C)C4)c3c2=O)cc1F. The fourth-order valence-electron chi connectivity index (χ4n) is 4.49. The van der Waals surface area contributed by atoms with E-state index in [2.05, 4.69) is 10.3 Å². The van der Waals surface area contributed by atoms with Crippen molar-refractivity contribution in [2.45, 2.75) is 45.6 Å². The van der Waals surface area contributed by atoms with Crippen molar-refractivity contribution in [3.05, 3.63) is 51.1 Å².